The summed E-state index contributed by atoms with van der Waals surface area (Å²) < 4.78 is 0. The molecule has 0 radical (unpaired) electrons. The molecule has 0 bridgehead atoms. The van der Waals surface area contributed by atoms with Gasteiger partial charge in [0.15, 0.2) is 0 Å². The van der Waals surface area contributed by atoms with E-state index in [4.69, 9.17) is 0 Å². The molecule has 0 saturated carbocycles. The summed E-state index contributed by atoms with van der Waals surface area (Å²) in [7, 11) is 0. The molecule has 2 heteroatoms. The first kappa shape index (κ1) is 10.0. The molecule has 12 heavy (non-hydrogen) atoms. The Morgan fingerprint density at radius 1 is 1.25 bits per heavy atom. The Labute approximate surface area is 76.3 Å². The summed E-state index contributed by atoms with van der Waals surface area (Å²) in [5, 5.41) is 3.56. The Morgan fingerprint density at radius 2 is 1.92 bits per heavy atom. The molecular weight excluding hydrogens is 148 g/mol. The van der Waals surface area contributed by atoms with E-state index in [1.54, 1.807) is 0 Å². The predicted octanol–water partition coefficient (Wildman–Crippen LogP) is 1.32. The lowest BCUT2D eigenvalue weighted by Gasteiger charge is -2.38. The average molecular weight is 170 g/mol. The van der Waals surface area contributed by atoms with Gasteiger partial charge in [0.2, 0.25) is 0 Å². The Bertz CT molecular complexity index is 118. The van der Waals surface area contributed by atoms with Crippen LogP contribution in [0.15, 0.2) is 0 Å². The normalized spacial score (nSPS) is 27.0. The van der Waals surface area contributed by atoms with Gasteiger partial charge in [0.1, 0.15) is 0 Å². The maximum atomic E-state index is 3.56. The van der Waals surface area contributed by atoms with Crippen LogP contribution in [0.3, 0.4) is 0 Å². The fourth-order valence-corrected chi connectivity index (χ4v) is 1.72. The summed E-state index contributed by atoms with van der Waals surface area (Å²) >= 11 is 0. The lowest BCUT2D eigenvalue weighted by Crippen LogP contribution is -2.54. The van der Waals surface area contributed by atoms with Crippen molar-refractivity contribution in [2.75, 3.05) is 19.6 Å². The molecule has 2 nitrogen and oxygen atoms in total. The molecule has 1 saturated heterocycles. The Balaban J connectivity index is 2.40. The molecule has 72 valence electrons. The molecule has 0 aromatic rings. The van der Waals surface area contributed by atoms with E-state index in [9.17, 15) is 0 Å². The minimum atomic E-state index is 0.696. The van der Waals surface area contributed by atoms with Crippen molar-refractivity contribution in [2.45, 2.75) is 39.8 Å². The molecule has 1 unspecified atom stereocenters. The summed E-state index contributed by atoms with van der Waals surface area (Å²) in [4.78, 5) is 2.56. The second-order valence-electron chi connectivity index (χ2n) is 4.39. The van der Waals surface area contributed by atoms with E-state index >= 15 is 0 Å². The van der Waals surface area contributed by atoms with Crippen LogP contribution in [0.4, 0.5) is 0 Å². The first-order chi connectivity index (χ1) is 5.61. The van der Waals surface area contributed by atoms with Crippen molar-refractivity contribution in [3.8, 4) is 0 Å². The first-order valence-electron chi connectivity index (χ1n) is 5.08. The van der Waals surface area contributed by atoms with Crippen molar-refractivity contribution in [3.05, 3.63) is 0 Å². The van der Waals surface area contributed by atoms with E-state index in [0.29, 0.717) is 12.1 Å². The maximum absolute atomic E-state index is 3.56. The van der Waals surface area contributed by atoms with Gasteiger partial charge in [-0.1, -0.05) is 13.8 Å². The minimum Gasteiger partial charge on any atom is -0.311 e. The Morgan fingerprint density at radius 3 is 2.42 bits per heavy atom. The molecule has 1 heterocycles. The second kappa shape index (κ2) is 4.24. The van der Waals surface area contributed by atoms with E-state index in [1.807, 2.05) is 0 Å². The largest absolute Gasteiger partial charge is 0.311 e. The van der Waals surface area contributed by atoms with Crippen molar-refractivity contribution in [2.24, 2.45) is 5.92 Å². The van der Waals surface area contributed by atoms with E-state index in [0.717, 1.165) is 12.5 Å². The van der Waals surface area contributed by atoms with Crippen molar-refractivity contribution >= 4 is 0 Å². The standard InChI is InChI=1S/C10H22N2/c1-8(2)10-7-12(9(3)4)6-5-11-10/h8-11H,5-7H2,1-4H3. The summed E-state index contributed by atoms with van der Waals surface area (Å²) in [6.45, 7) is 12.7. The SMILES string of the molecule is CC(C)C1CN(C(C)C)CCN1. The Kier molecular flexibility index (Phi) is 3.53. The van der Waals surface area contributed by atoms with Gasteiger partial charge in [-0.05, 0) is 19.8 Å². The number of nitrogens with zero attached hydrogens (tertiary/aromatic N) is 1. The molecule has 1 aliphatic heterocycles. The third kappa shape index (κ3) is 2.46. The minimum absolute atomic E-state index is 0.696. The van der Waals surface area contributed by atoms with Gasteiger partial charge in [-0.15, -0.1) is 0 Å². The van der Waals surface area contributed by atoms with E-state index in [1.165, 1.54) is 13.1 Å². The zero-order valence-electron chi connectivity index (χ0n) is 8.80. The molecule has 0 aromatic heterocycles. The number of hydrogen-bond donors (Lipinski definition) is 1. The van der Waals surface area contributed by atoms with Gasteiger partial charge in [-0.25, -0.2) is 0 Å². The van der Waals surface area contributed by atoms with Crippen LogP contribution in [-0.2, 0) is 0 Å². The number of rotatable bonds is 2. The van der Waals surface area contributed by atoms with Gasteiger partial charge in [0.25, 0.3) is 0 Å². The smallest absolute Gasteiger partial charge is 0.0218 e. The molecule has 0 aromatic carbocycles. The fourth-order valence-electron chi connectivity index (χ4n) is 1.72. The monoisotopic (exact) mass is 170 g/mol. The van der Waals surface area contributed by atoms with Crippen molar-refractivity contribution in [1.29, 1.82) is 0 Å². The van der Waals surface area contributed by atoms with E-state index in [-0.39, 0.29) is 0 Å². The highest BCUT2D eigenvalue weighted by molar-refractivity contribution is 4.81. The number of nitrogens with one attached hydrogen (secondary N) is 1. The average Bonchev–Trinajstić information content (AvgIpc) is 2.04. The van der Waals surface area contributed by atoms with Crippen LogP contribution < -0.4 is 5.32 Å². The van der Waals surface area contributed by atoms with Crippen LogP contribution in [0.2, 0.25) is 0 Å². The van der Waals surface area contributed by atoms with Gasteiger partial charge in [0, 0.05) is 31.7 Å². The molecule has 0 amide bonds. The Hall–Kier alpha value is -0.0800. The highest BCUT2D eigenvalue weighted by Gasteiger charge is 2.22. The number of piperazine rings is 1. The predicted molar refractivity (Wildman–Crippen MR) is 53.3 cm³/mol. The first-order valence-corrected chi connectivity index (χ1v) is 5.08. The van der Waals surface area contributed by atoms with Crippen molar-refractivity contribution in [3.63, 3.8) is 0 Å². The van der Waals surface area contributed by atoms with Gasteiger partial charge >= 0.3 is 0 Å². The molecule has 1 atom stereocenters. The van der Waals surface area contributed by atoms with Gasteiger partial charge in [-0.3, -0.25) is 4.90 Å². The summed E-state index contributed by atoms with van der Waals surface area (Å²) in [6.07, 6.45) is 0. The number of hydrogen-bond acceptors (Lipinski definition) is 2. The molecule has 1 rings (SSSR count). The highest BCUT2D eigenvalue weighted by Crippen LogP contribution is 2.10. The highest BCUT2D eigenvalue weighted by atomic mass is 15.2. The van der Waals surface area contributed by atoms with E-state index < -0.39 is 0 Å². The van der Waals surface area contributed by atoms with Crippen molar-refractivity contribution < 1.29 is 0 Å². The zero-order chi connectivity index (χ0) is 9.14. The lowest BCUT2D eigenvalue weighted by molar-refractivity contribution is 0.143. The second-order valence-corrected chi connectivity index (χ2v) is 4.39. The van der Waals surface area contributed by atoms with Crippen LogP contribution in [0.1, 0.15) is 27.7 Å². The van der Waals surface area contributed by atoms with Crippen LogP contribution in [0.25, 0.3) is 0 Å². The van der Waals surface area contributed by atoms with Crippen LogP contribution >= 0.6 is 0 Å². The van der Waals surface area contributed by atoms with E-state index in [2.05, 4.69) is 37.9 Å². The lowest BCUT2D eigenvalue weighted by atomic mass is 10.0. The fraction of sp³-hybridized carbons (Fsp3) is 1.00. The third-order valence-corrected chi connectivity index (χ3v) is 2.77. The van der Waals surface area contributed by atoms with Crippen LogP contribution in [-0.4, -0.2) is 36.6 Å². The van der Waals surface area contributed by atoms with Crippen LogP contribution in [0.5, 0.6) is 0 Å². The zero-order valence-corrected chi connectivity index (χ0v) is 8.80. The molecule has 0 spiro atoms. The summed E-state index contributed by atoms with van der Waals surface area (Å²) in [6, 6.07) is 1.40. The third-order valence-electron chi connectivity index (χ3n) is 2.77. The van der Waals surface area contributed by atoms with Gasteiger partial charge in [-0.2, -0.15) is 0 Å². The summed E-state index contributed by atoms with van der Waals surface area (Å²) in [5.41, 5.74) is 0. The molecule has 1 N–H and O–H groups in total. The molecule has 1 fully saturated rings. The maximum Gasteiger partial charge on any atom is 0.0218 e. The summed E-state index contributed by atoms with van der Waals surface area (Å²) in [5.74, 6) is 0.756. The topological polar surface area (TPSA) is 15.3 Å². The van der Waals surface area contributed by atoms with Gasteiger partial charge < -0.3 is 5.32 Å². The quantitative estimate of drug-likeness (QED) is 0.672. The molecule has 0 aliphatic carbocycles. The van der Waals surface area contributed by atoms with Gasteiger partial charge in [0.05, 0.1) is 0 Å². The molecule has 1 aliphatic rings. The molecular formula is C10H22N2. The van der Waals surface area contributed by atoms with Crippen LogP contribution in [0, 0.1) is 5.92 Å². The van der Waals surface area contributed by atoms with Crippen molar-refractivity contribution in [1.82, 2.24) is 10.2 Å².